The fraction of sp³-hybridized carbons (Fsp3) is 0.833. The van der Waals surface area contributed by atoms with E-state index in [0.717, 1.165) is 0 Å². The molecule has 0 aromatic rings. The zero-order valence-electron chi connectivity index (χ0n) is 11.4. The summed E-state index contributed by atoms with van der Waals surface area (Å²) in [6.07, 6.45) is 0.449. The molecule has 100 valence electrons. The van der Waals surface area contributed by atoms with Crippen LogP contribution in [0.2, 0.25) is 0 Å². The molecule has 0 aromatic heterocycles. The van der Waals surface area contributed by atoms with E-state index in [1.165, 1.54) is 0 Å². The highest BCUT2D eigenvalue weighted by Crippen LogP contribution is 2.08. The van der Waals surface area contributed by atoms with Crippen LogP contribution in [0.25, 0.3) is 0 Å². The van der Waals surface area contributed by atoms with E-state index in [4.69, 9.17) is 5.11 Å². The third kappa shape index (κ3) is 5.56. The molecule has 0 spiro atoms. The number of carbonyl (C=O) groups excluding carboxylic acids is 1. The third-order valence-electron chi connectivity index (χ3n) is 3.17. The number of hydrogen-bond acceptors (Lipinski definition) is 2. The lowest BCUT2D eigenvalue weighted by atomic mass is 10.1. The summed E-state index contributed by atoms with van der Waals surface area (Å²) in [6.45, 7) is 8.13. The van der Waals surface area contributed by atoms with Gasteiger partial charge in [0, 0.05) is 19.6 Å². The van der Waals surface area contributed by atoms with Gasteiger partial charge in [-0.1, -0.05) is 20.8 Å². The highest BCUT2D eigenvalue weighted by Gasteiger charge is 2.18. The van der Waals surface area contributed by atoms with Crippen molar-refractivity contribution in [2.24, 2.45) is 11.8 Å². The minimum atomic E-state index is -0.830. The maximum absolute atomic E-state index is 11.7. The number of urea groups is 1. The van der Waals surface area contributed by atoms with E-state index in [1.54, 1.807) is 18.9 Å². The van der Waals surface area contributed by atoms with Crippen LogP contribution in [-0.4, -0.2) is 41.6 Å². The maximum atomic E-state index is 11.7. The molecule has 0 saturated heterocycles. The molecule has 0 aliphatic rings. The Bertz CT molecular complexity index is 266. The Morgan fingerprint density at radius 3 is 2.18 bits per heavy atom. The summed E-state index contributed by atoms with van der Waals surface area (Å²) in [5, 5.41) is 11.4. The van der Waals surface area contributed by atoms with Gasteiger partial charge in [0.25, 0.3) is 0 Å². The number of nitrogens with zero attached hydrogens (tertiary/aromatic N) is 1. The number of rotatable bonds is 6. The first-order chi connectivity index (χ1) is 7.77. The molecule has 0 radical (unpaired) electrons. The van der Waals surface area contributed by atoms with Gasteiger partial charge in [0.1, 0.15) is 0 Å². The van der Waals surface area contributed by atoms with Crippen LogP contribution in [0.15, 0.2) is 0 Å². The van der Waals surface area contributed by atoms with E-state index in [0.29, 0.717) is 18.9 Å². The van der Waals surface area contributed by atoms with Crippen LogP contribution < -0.4 is 5.32 Å². The molecule has 0 fully saturated rings. The summed E-state index contributed by atoms with van der Waals surface area (Å²) in [5.74, 6) is -0.866. The maximum Gasteiger partial charge on any atom is 0.317 e. The number of carboxylic acids is 1. The molecule has 5 nitrogen and oxygen atoms in total. The Balaban J connectivity index is 3.98. The first-order valence-electron chi connectivity index (χ1n) is 6.00. The van der Waals surface area contributed by atoms with Gasteiger partial charge >= 0.3 is 12.0 Å². The number of nitrogens with one attached hydrogen (secondary N) is 1. The molecule has 0 aromatic carbocycles. The van der Waals surface area contributed by atoms with Crippen LogP contribution in [0.4, 0.5) is 4.79 Å². The molecule has 0 saturated carbocycles. The average Bonchev–Trinajstić information content (AvgIpc) is 2.26. The van der Waals surface area contributed by atoms with Gasteiger partial charge in [0.05, 0.1) is 5.92 Å². The van der Waals surface area contributed by atoms with Crippen LogP contribution in [0.1, 0.15) is 34.1 Å². The number of carbonyl (C=O) groups is 2. The largest absolute Gasteiger partial charge is 0.481 e. The van der Waals surface area contributed by atoms with Crippen LogP contribution in [-0.2, 0) is 4.79 Å². The van der Waals surface area contributed by atoms with Crippen molar-refractivity contribution in [3.8, 4) is 0 Å². The summed E-state index contributed by atoms with van der Waals surface area (Å²) < 4.78 is 0. The average molecular weight is 244 g/mol. The van der Waals surface area contributed by atoms with Crippen LogP contribution >= 0.6 is 0 Å². The highest BCUT2D eigenvalue weighted by atomic mass is 16.4. The summed E-state index contributed by atoms with van der Waals surface area (Å²) in [7, 11) is 1.75. The van der Waals surface area contributed by atoms with Gasteiger partial charge in [-0.3, -0.25) is 4.79 Å². The molecule has 0 bridgehead atoms. The van der Waals surface area contributed by atoms with Crippen molar-refractivity contribution in [1.82, 2.24) is 10.2 Å². The molecule has 2 amide bonds. The quantitative estimate of drug-likeness (QED) is 0.748. The molecule has 2 unspecified atom stereocenters. The minimum absolute atomic E-state index is 0.149. The van der Waals surface area contributed by atoms with E-state index in [1.807, 2.05) is 6.92 Å². The third-order valence-corrected chi connectivity index (χ3v) is 3.17. The van der Waals surface area contributed by atoms with E-state index in [2.05, 4.69) is 19.2 Å². The molecule has 0 rings (SSSR count). The Morgan fingerprint density at radius 1 is 1.24 bits per heavy atom. The minimum Gasteiger partial charge on any atom is -0.481 e. The summed E-state index contributed by atoms with van der Waals surface area (Å²) in [5.41, 5.74) is 0. The van der Waals surface area contributed by atoms with E-state index in [-0.39, 0.29) is 12.1 Å². The molecular formula is C12H24N2O3. The Labute approximate surface area is 103 Å². The highest BCUT2D eigenvalue weighted by molar-refractivity contribution is 5.74. The Hall–Kier alpha value is -1.26. The number of amides is 2. The molecule has 5 heteroatoms. The summed E-state index contributed by atoms with van der Waals surface area (Å²) in [4.78, 5) is 23.9. The Morgan fingerprint density at radius 2 is 1.76 bits per heavy atom. The van der Waals surface area contributed by atoms with Crippen LogP contribution in [0.3, 0.4) is 0 Å². The number of hydrogen-bond donors (Lipinski definition) is 2. The summed E-state index contributed by atoms with van der Waals surface area (Å²) in [6, 6.07) is 0.00989. The molecule has 2 N–H and O–H groups in total. The second kappa shape index (κ2) is 7.14. The molecule has 2 atom stereocenters. The van der Waals surface area contributed by atoms with Crippen molar-refractivity contribution in [3.05, 3.63) is 0 Å². The predicted molar refractivity (Wildman–Crippen MR) is 66.9 cm³/mol. The molecule has 17 heavy (non-hydrogen) atoms. The lowest BCUT2D eigenvalue weighted by Gasteiger charge is -2.28. The second-order valence-corrected chi connectivity index (χ2v) is 4.86. The number of aliphatic carboxylic acids is 1. The zero-order valence-corrected chi connectivity index (χ0v) is 11.4. The fourth-order valence-electron chi connectivity index (χ4n) is 1.28. The molecule has 0 aliphatic heterocycles. The lowest BCUT2D eigenvalue weighted by Crippen LogP contribution is -2.44. The van der Waals surface area contributed by atoms with Crippen molar-refractivity contribution in [1.29, 1.82) is 0 Å². The molecular weight excluding hydrogens is 220 g/mol. The predicted octanol–water partition coefficient (Wildman–Crippen LogP) is 1.78. The van der Waals surface area contributed by atoms with Gasteiger partial charge in [0.2, 0.25) is 0 Å². The van der Waals surface area contributed by atoms with Gasteiger partial charge in [-0.25, -0.2) is 4.79 Å². The van der Waals surface area contributed by atoms with E-state index in [9.17, 15) is 9.59 Å². The molecule has 0 aliphatic carbocycles. The van der Waals surface area contributed by atoms with E-state index < -0.39 is 11.9 Å². The zero-order chi connectivity index (χ0) is 13.6. The first-order valence-corrected chi connectivity index (χ1v) is 6.00. The standard InChI is InChI=1S/C12H24N2O3/c1-8(2)10(4)14(5)12(17)13-7-6-9(3)11(15)16/h8-10H,6-7H2,1-5H3,(H,13,17)(H,15,16). The summed E-state index contributed by atoms with van der Waals surface area (Å²) >= 11 is 0. The normalized spacial score (nSPS) is 14.2. The van der Waals surface area contributed by atoms with Crippen molar-refractivity contribution in [2.45, 2.75) is 40.2 Å². The fourth-order valence-corrected chi connectivity index (χ4v) is 1.28. The van der Waals surface area contributed by atoms with Crippen molar-refractivity contribution in [2.75, 3.05) is 13.6 Å². The second-order valence-electron chi connectivity index (χ2n) is 4.86. The van der Waals surface area contributed by atoms with Gasteiger partial charge in [-0.2, -0.15) is 0 Å². The Kier molecular flexibility index (Phi) is 6.61. The van der Waals surface area contributed by atoms with Gasteiger partial charge in [-0.05, 0) is 19.3 Å². The topological polar surface area (TPSA) is 69.6 Å². The van der Waals surface area contributed by atoms with Gasteiger partial charge in [-0.15, -0.1) is 0 Å². The first kappa shape index (κ1) is 15.7. The monoisotopic (exact) mass is 244 g/mol. The van der Waals surface area contributed by atoms with E-state index >= 15 is 0 Å². The van der Waals surface area contributed by atoms with Gasteiger partial charge in [0.15, 0.2) is 0 Å². The lowest BCUT2D eigenvalue weighted by molar-refractivity contribution is -0.141. The van der Waals surface area contributed by atoms with Crippen molar-refractivity contribution < 1.29 is 14.7 Å². The SMILES string of the molecule is CC(CCNC(=O)N(C)C(C)C(C)C)C(=O)O. The van der Waals surface area contributed by atoms with Gasteiger partial charge < -0.3 is 15.3 Å². The van der Waals surface area contributed by atoms with Crippen LogP contribution in [0.5, 0.6) is 0 Å². The smallest absolute Gasteiger partial charge is 0.317 e. The van der Waals surface area contributed by atoms with Crippen LogP contribution in [0, 0.1) is 11.8 Å². The molecule has 0 heterocycles. The van der Waals surface area contributed by atoms with Crippen molar-refractivity contribution in [3.63, 3.8) is 0 Å². The van der Waals surface area contributed by atoms with Crippen molar-refractivity contribution >= 4 is 12.0 Å². The number of carboxylic acid groups (broad SMARTS) is 1.